The summed E-state index contributed by atoms with van der Waals surface area (Å²) in [7, 11) is 1.32. The topological polar surface area (TPSA) is 105 Å². The van der Waals surface area contributed by atoms with Crippen LogP contribution in [0.4, 0.5) is 0 Å². The van der Waals surface area contributed by atoms with Gasteiger partial charge in [0.15, 0.2) is 0 Å². The van der Waals surface area contributed by atoms with Crippen LogP contribution in [0.25, 0.3) is 0 Å². The van der Waals surface area contributed by atoms with Crippen molar-refractivity contribution in [3.63, 3.8) is 0 Å². The molecular formula is C31H48O8. The number of hydrogen-bond donors (Lipinski definition) is 0. The molecule has 0 aromatic heterocycles. The van der Waals surface area contributed by atoms with Crippen molar-refractivity contribution >= 4 is 23.9 Å². The molecule has 4 saturated carbocycles. The maximum absolute atomic E-state index is 14.0. The van der Waals surface area contributed by atoms with Gasteiger partial charge in [-0.15, -0.1) is 0 Å². The Morgan fingerprint density at radius 1 is 0.846 bits per heavy atom. The summed E-state index contributed by atoms with van der Waals surface area (Å²) < 4.78 is 22.4. The number of carbonyl (C=O) groups is 4. The summed E-state index contributed by atoms with van der Waals surface area (Å²) >= 11 is 0. The van der Waals surface area contributed by atoms with E-state index >= 15 is 0 Å². The van der Waals surface area contributed by atoms with Crippen LogP contribution in [0.15, 0.2) is 0 Å². The number of hydrogen-bond acceptors (Lipinski definition) is 8. The standard InChI is InChI=1S/C31H48O8/c1-9-28(4,25(34)39-31(7)21-13-19-12-20(15-21)16-22(31)14-19)18-29(5,24(33)36-8)17-27(2,3)23(32)38-30(6)10-11-37-26(30)35/h19-22H,9-18H2,1-8H3. The van der Waals surface area contributed by atoms with Crippen LogP contribution in [0.1, 0.15) is 106 Å². The van der Waals surface area contributed by atoms with Gasteiger partial charge in [-0.2, -0.15) is 0 Å². The lowest BCUT2D eigenvalue weighted by Gasteiger charge is -2.59. The van der Waals surface area contributed by atoms with Crippen LogP contribution in [-0.4, -0.2) is 48.8 Å². The predicted molar refractivity (Wildman–Crippen MR) is 143 cm³/mol. The van der Waals surface area contributed by atoms with Crippen molar-refractivity contribution in [2.24, 2.45) is 39.9 Å². The van der Waals surface area contributed by atoms with Gasteiger partial charge in [0, 0.05) is 6.42 Å². The third kappa shape index (κ3) is 5.33. The minimum absolute atomic E-state index is 0.0748. The van der Waals surface area contributed by atoms with E-state index in [2.05, 4.69) is 6.92 Å². The van der Waals surface area contributed by atoms with E-state index in [1.807, 2.05) is 13.8 Å². The van der Waals surface area contributed by atoms with Crippen molar-refractivity contribution in [1.29, 1.82) is 0 Å². The molecule has 1 heterocycles. The number of esters is 4. The molecule has 220 valence electrons. The van der Waals surface area contributed by atoms with E-state index < -0.39 is 45.4 Å². The van der Waals surface area contributed by atoms with Gasteiger partial charge in [-0.25, -0.2) is 4.79 Å². The predicted octanol–water partition coefficient (Wildman–Crippen LogP) is 5.40. The minimum Gasteiger partial charge on any atom is -0.469 e. The highest BCUT2D eigenvalue weighted by molar-refractivity contribution is 5.87. The Bertz CT molecular complexity index is 988. The Balaban J connectivity index is 1.52. The zero-order chi connectivity index (χ0) is 29.0. The third-order valence-corrected chi connectivity index (χ3v) is 10.8. The Labute approximate surface area is 233 Å². The lowest BCUT2D eigenvalue weighted by atomic mass is 9.50. The summed E-state index contributed by atoms with van der Waals surface area (Å²) in [5, 5.41) is 0. The van der Waals surface area contributed by atoms with Crippen LogP contribution in [0.5, 0.6) is 0 Å². The summed E-state index contributed by atoms with van der Waals surface area (Å²) in [6.45, 7) is 12.8. The highest BCUT2D eigenvalue weighted by atomic mass is 16.6. The molecule has 0 spiro atoms. The number of carbonyl (C=O) groups excluding carboxylic acids is 4. The van der Waals surface area contributed by atoms with Gasteiger partial charge in [-0.1, -0.05) is 6.92 Å². The molecule has 1 aliphatic heterocycles. The van der Waals surface area contributed by atoms with Gasteiger partial charge in [0.2, 0.25) is 5.60 Å². The lowest BCUT2D eigenvalue weighted by molar-refractivity contribution is -0.214. The number of methoxy groups -OCH3 is 1. The smallest absolute Gasteiger partial charge is 0.350 e. The van der Waals surface area contributed by atoms with E-state index in [9.17, 15) is 19.2 Å². The normalized spacial score (nSPS) is 36.5. The average molecular weight is 549 g/mol. The minimum atomic E-state index is -1.34. The van der Waals surface area contributed by atoms with Crippen molar-refractivity contribution < 1.29 is 38.1 Å². The second-order valence-corrected chi connectivity index (χ2v) is 14.6. The molecule has 3 unspecified atom stereocenters. The maximum atomic E-state index is 14.0. The summed E-state index contributed by atoms with van der Waals surface area (Å²) in [6, 6.07) is 0. The van der Waals surface area contributed by atoms with Gasteiger partial charge >= 0.3 is 23.9 Å². The Morgan fingerprint density at radius 2 is 1.41 bits per heavy atom. The van der Waals surface area contributed by atoms with Crippen molar-refractivity contribution in [2.75, 3.05) is 13.7 Å². The first kappa shape index (κ1) is 29.9. The average Bonchev–Trinajstić information content (AvgIpc) is 3.18. The van der Waals surface area contributed by atoms with Gasteiger partial charge in [-0.3, -0.25) is 14.4 Å². The summed E-state index contributed by atoms with van der Waals surface area (Å²) in [5.74, 6) is 0.360. The first-order valence-corrected chi connectivity index (χ1v) is 14.7. The first-order chi connectivity index (χ1) is 18.0. The molecule has 0 aromatic carbocycles. The number of rotatable bonds is 10. The molecule has 4 bridgehead atoms. The zero-order valence-corrected chi connectivity index (χ0v) is 25.1. The molecule has 4 aliphatic carbocycles. The molecule has 5 rings (SSSR count). The first-order valence-electron chi connectivity index (χ1n) is 14.7. The van der Waals surface area contributed by atoms with Gasteiger partial charge in [0.05, 0.1) is 30.0 Å². The quantitative estimate of drug-likeness (QED) is 0.264. The van der Waals surface area contributed by atoms with E-state index in [1.54, 1.807) is 27.7 Å². The largest absolute Gasteiger partial charge is 0.469 e. The molecule has 8 heteroatoms. The maximum Gasteiger partial charge on any atom is 0.350 e. The Kier molecular flexibility index (Phi) is 7.70. The van der Waals surface area contributed by atoms with Crippen molar-refractivity contribution in [3.8, 4) is 0 Å². The van der Waals surface area contributed by atoms with Crippen LogP contribution in [0.2, 0.25) is 0 Å². The SMILES string of the molecule is CCC(C)(CC(C)(CC(C)(C)C(=O)OC1(C)CCOC1=O)C(=O)OC)C(=O)OC1(C)C2CC3CC(C2)CC1C3. The molecule has 0 aromatic rings. The van der Waals surface area contributed by atoms with E-state index in [0.29, 0.717) is 18.3 Å². The summed E-state index contributed by atoms with van der Waals surface area (Å²) in [4.78, 5) is 52.7. The van der Waals surface area contributed by atoms with Crippen LogP contribution in [-0.2, 0) is 38.1 Å². The van der Waals surface area contributed by atoms with Crippen LogP contribution in [0, 0.1) is 39.9 Å². The second-order valence-electron chi connectivity index (χ2n) is 14.6. The van der Waals surface area contributed by atoms with Crippen LogP contribution < -0.4 is 0 Å². The van der Waals surface area contributed by atoms with Crippen molar-refractivity contribution in [3.05, 3.63) is 0 Å². The molecule has 5 fully saturated rings. The molecule has 8 nitrogen and oxygen atoms in total. The fourth-order valence-electron chi connectivity index (χ4n) is 8.34. The highest BCUT2D eigenvalue weighted by Crippen LogP contribution is 2.60. The third-order valence-electron chi connectivity index (χ3n) is 10.8. The number of cyclic esters (lactones) is 1. The van der Waals surface area contributed by atoms with Crippen molar-refractivity contribution in [1.82, 2.24) is 0 Å². The molecule has 1 saturated heterocycles. The molecule has 0 N–H and O–H groups in total. The van der Waals surface area contributed by atoms with E-state index in [1.165, 1.54) is 13.5 Å². The Hall–Kier alpha value is -2.12. The molecule has 5 aliphatic rings. The van der Waals surface area contributed by atoms with E-state index in [-0.39, 0.29) is 31.8 Å². The molecule has 0 radical (unpaired) electrons. The van der Waals surface area contributed by atoms with Crippen LogP contribution in [0.3, 0.4) is 0 Å². The summed E-state index contributed by atoms with van der Waals surface area (Å²) in [6.07, 6.45) is 6.82. The number of ether oxygens (including phenoxy) is 4. The van der Waals surface area contributed by atoms with E-state index in [4.69, 9.17) is 18.9 Å². The van der Waals surface area contributed by atoms with Crippen molar-refractivity contribution in [2.45, 2.75) is 117 Å². The highest BCUT2D eigenvalue weighted by Gasteiger charge is 2.59. The molecule has 0 amide bonds. The van der Waals surface area contributed by atoms with Gasteiger partial charge in [0.1, 0.15) is 5.60 Å². The molecule has 39 heavy (non-hydrogen) atoms. The molecular weight excluding hydrogens is 500 g/mol. The zero-order valence-electron chi connectivity index (χ0n) is 25.1. The monoisotopic (exact) mass is 548 g/mol. The molecule has 3 atom stereocenters. The fraction of sp³-hybridized carbons (Fsp3) is 0.871. The van der Waals surface area contributed by atoms with Gasteiger partial charge in [0.25, 0.3) is 0 Å². The fourth-order valence-corrected chi connectivity index (χ4v) is 8.34. The van der Waals surface area contributed by atoms with Gasteiger partial charge in [-0.05, 0) is 117 Å². The van der Waals surface area contributed by atoms with Gasteiger partial charge < -0.3 is 18.9 Å². The summed E-state index contributed by atoms with van der Waals surface area (Å²) in [5.41, 5.74) is -5.09. The van der Waals surface area contributed by atoms with E-state index in [0.717, 1.165) is 37.5 Å². The second kappa shape index (κ2) is 10.1. The lowest BCUT2D eigenvalue weighted by Crippen LogP contribution is -2.59. The van der Waals surface area contributed by atoms with Crippen LogP contribution >= 0.6 is 0 Å². The Morgan fingerprint density at radius 3 is 1.87 bits per heavy atom.